The van der Waals surface area contributed by atoms with Crippen molar-refractivity contribution in [2.24, 2.45) is 0 Å². The Kier molecular flexibility index (Phi) is 2.87. The number of ketones is 1. The fourth-order valence-corrected chi connectivity index (χ4v) is 2.80. The van der Waals surface area contributed by atoms with Crippen LogP contribution in [0.25, 0.3) is 6.08 Å². The van der Waals surface area contributed by atoms with Crippen molar-refractivity contribution in [3.63, 3.8) is 0 Å². The molecule has 5 nitrogen and oxygen atoms in total. The zero-order valence-electron chi connectivity index (χ0n) is 11.1. The third kappa shape index (κ3) is 2.03. The Labute approximate surface area is 133 Å². The van der Waals surface area contributed by atoms with Crippen LogP contribution in [0, 0.1) is 0 Å². The first-order chi connectivity index (χ1) is 10.6. The molecular formula is C16H9BrO5. The highest BCUT2D eigenvalue weighted by atomic mass is 79.9. The van der Waals surface area contributed by atoms with E-state index in [1.807, 2.05) is 0 Å². The van der Waals surface area contributed by atoms with E-state index in [0.717, 1.165) is 10.0 Å². The minimum Gasteiger partial charge on any atom is -0.508 e. The molecule has 0 fully saturated rings. The van der Waals surface area contributed by atoms with Crippen molar-refractivity contribution in [1.82, 2.24) is 0 Å². The van der Waals surface area contributed by atoms with E-state index in [1.165, 1.54) is 12.1 Å². The number of Topliss-reactive ketones (excluding diaryl/α,β-unsaturated/α-hetero) is 1. The molecular weight excluding hydrogens is 352 g/mol. The smallest absolute Gasteiger partial charge is 0.231 e. The number of ether oxygens (including phenoxy) is 3. The molecule has 2 aromatic rings. The maximum Gasteiger partial charge on any atom is 0.231 e. The van der Waals surface area contributed by atoms with Crippen LogP contribution in [0.4, 0.5) is 0 Å². The summed E-state index contributed by atoms with van der Waals surface area (Å²) in [7, 11) is 0. The Balaban J connectivity index is 1.75. The summed E-state index contributed by atoms with van der Waals surface area (Å²) in [4.78, 5) is 12.3. The summed E-state index contributed by atoms with van der Waals surface area (Å²) in [5, 5.41) is 9.46. The van der Waals surface area contributed by atoms with Crippen molar-refractivity contribution in [2.75, 3.05) is 6.79 Å². The second-order valence-electron chi connectivity index (χ2n) is 4.85. The Bertz CT molecular complexity index is 841. The number of allylic oxidation sites excluding steroid dienone is 1. The summed E-state index contributed by atoms with van der Waals surface area (Å²) in [5.74, 6) is 1.65. The molecule has 4 rings (SSSR count). The SMILES string of the molecule is O=C1/C(=C/c2cc3c(cc2Br)OCO3)Oc2cc(O)ccc21. The summed E-state index contributed by atoms with van der Waals surface area (Å²) in [6.07, 6.45) is 1.63. The van der Waals surface area contributed by atoms with Crippen molar-refractivity contribution in [3.05, 3.63) is 51.7 Å². The molecule has 2 heterocycles. The van der Waals surface area contributed by atoms with Crippen LogP contribution in [-0.2, 0) is 0 Å². The number of hydrogen-bond donors (Lipinski definition) is 1. The fourth-order valence-electron chi connectivity index (χ4n) is 2.36. The molecule has 0 aliphatic carbocycles. The Morgan fingerprint density at radius 1 is 1.09 bits per heavy atom. The third-order valence-corrected chi connectivity index (χ3v) is 4.12. The molecule has 0 atom stereocenters. The maximum atomic E-state index is 12.3. The third-order valence-electron chi connectivity index (χ3n) is 3.43. The van der Waals surface area contributed by atoms with E-state index < -0.39 is 0 Å². The molecule has 2 aliphatic heterocycles. The minimum atomic E-state index is -0.223. The summed E-state index contributed by atoms with van der Waals surface area (Å²) in [5.41, 5.74) is 1.17. The van der Waals surface area contributed by atoms with Gasteiger partial charge in [0.05, 0.1) is 5.56 Å². The van der Waals surface area contributed by atoms with Gasteiger partial charge in [0.15, 0.2) is 17.3 Å². The van der Waals surface area contributed by atoms with Gasteiger partial charge in [0, 0.05) is 10.5 Å². The average Bonchev–Trinajstić information content (AvgIpc) is 3.04. The quantitative estimate of drug-likeness (QED) is 0.788. The van der Waals surface area contributed by atoms with Gasteiger partial charge in [-0.3, -0.25) is 4.79 Å². The van der Waals surface area contributed by atoms with Crippen molar-refractivity contribution >= 4 is 27.8 Å². The van der Waals surface area contributed by atoms with Crippen molar-refractivity contribution in [3.8, 4) is 23.0 Å². The molecule has 6 heteroatoms. The second kappa shape index (κ2) is 4.78. The maximum absolute atomic E-state index is 12.3. The topological polar surface area (TPSA) is 65.0 Å². The first-order valence-electron chi connectivity index (χ1n) is 6.48. The highest BCUT2D eigenvalue weighted by Crippen LogP contribution is 2.39. The number of rotatable bonds is 1. The number of phenols is 1. The Hall–Kier alpha value is -2.47. The van der Waals surface area contributed by atoms with Crippen LogP contribution in [0.3, 0.4) is 0 Å². The standard InChI is InChI=1S/C16H9BrO5/c17-11-6-14-13(20-7-21-14)3-8(11)4-15-16(19)10-2-1-9(18)5-12(10)22-15/h1-6,18H,7H2/b15-4-. The molecule has 1 N–H and O–H groups in total. The monoisotopic (exact) mass is 360 g/mol. The molecule has 0 aromatic heterocycles. The van der Waals surface area contributed by atoms with Crippen LogP contribution < -0.4 is 14.2 Å². The number of aromatic hydroxyl groups is 1. The number of halogens is 1. The first kappa shape index (κ1) is 13.2. The molecule has 0 bridgehead atoms. The zero-order valence-corrected chi connectivity index (χ0v) is 12.7. The summed E-state index contributed by atoms with van der Waals surface area (Å²) in [6, 6.07) is 7.98. The average molecular weight is 361 g/mol. The van der Waals surface area contributed by atoms with Gasteiger partial charge in [-0.2, -0.15) is 0 Å². The summed E-state index contributed by atoms with van der Waals surface area (Å²) in [6.45, 7) is 0.182. The highest BCUT2D eigenvalue weighted by molar-refractivity contribution is 9.10. The summed E-state index contributed by atoms with van der Waals surface area (Å²) < 4.78 is 16.9. The van der Waals surface area contributed by atoms with E-state index in [9.17, 15) is 9.90 Å². The van der Waals surface area contributed by atoms with Gasteiger partial charge in [-0.05, 0) is 35.9 Å². The Morgan fingerprint density at radius 2 is 1.86 bits per heavy atom. The fraction of sp³-hybridized carbons (Fsp3) is 0.0625. The second-order valence-corrected chi connectivity index (χ2v) is 5.70. The van der Waals surface area contributed by atoms with Crippen LogP contribution in [0.2, 0.25) is 0 Å². The first-order valence-corrected chi connectivity index (χ1v) is 7.27. The Morgan fingerprint density at radius 3 is 2.68 bits per heavy atom. The van der Waals surface area contributed by atoms with Crippen LogP contribution in [-0.4, -0.2) is 17.7 Å². The van der Waals surface area contributed by atoms with E-state index >= 15 is 0 Å². The molecule has 0 saturated heterocycles. The van der Waals surface area contributed by atoms with Crippen molar-refractivity contribution in [1.29, 1.82) is 0 Å². The lowest BCUT2D eigenvalue weighted by Crippen LogP contribution is -1.98. The number of phenolic OH excluding ortho intramolecular Hbond substituents is 1. The molecule has 0 radical (unpaired) electrons. The zero-order chi connectivity index (χ0) is 15.3. The lowest BCUT2D eigenvalue weighted by Gasteiger charge is -2.03. The molecule has 0 unspecified atom stereocenters. The number of benzene rings is 2. The predicted molar refractivity (Wildman–Crippen MR) is 81.3 cm³/mol. The van der Waals surface area contributed by atoms with Gasteiger partial charge >= 0.3 is 0 Å². The number of fused-ring (bicyclic) bond motifs is 2. The van der Waals surface area contributed by atoms with Gasteiger partial charge in [0.1, 0.15) is 11.5 Å². The minimum absolute atomic E-state index is 0.0528. The van der Waals surface area contributed by atoms with Crippen LogP contribution in [0.5, 0.6) is 23.0 Å². The van der Waals surface area contributed by atoms with Crippen molar-refractivity contribution in [2.45, 2.75) is 0 Å². The van der Waals surface area contributed by atoms with Gasteiger partial charge < -0.3 is 19.3 Å². The van der Waals surface area contributed by atoms with E-state index in [4.69, 9.17) is 14.2 Å². The molecule has 2 aromatic carbocycles. The predicted octanol–water partition coefficient (Wildman–Crippen LogP) is 3.50. The van der Waals surface area contributed by atoms with Crippen LogP contribution in [0.1, 0.15) is 15.9 Å². The normalized spacial score (nSPS) is 16.8. The largest absolute Gasteiger partial charge is 0.508 e. The van der Waals surface area contributed by atoms with Gasteiger partial charge in [-0.1, -0.05) is 15.9 Å². The van der Waals surface area contributed by atoms with Gasteiger partial charge in [-0.15, -0.1) is 0 Å². The van der Waals surface area contributed by atoms with Gasteiger partial charge in [0.2, 0.25) is 12.6 Å². The van der Waals surface area contributed by atoms with Crippen LogP contribution >= 0.6 is 15.9 Å². The van der Waals surface area contributed by atoms with E-state index in [-0.39, 0.29) is 24.1 Å². The summed E-state index contributed by atoms with van der Waals surface area (Å²) >= 11 is 3.44. The lowest BCUT2D eigenvalue weighted by molar-refractivity contribution is 0.101. The van der Waals surface area contributed by atoms with Crippen molar-refractivity contribution < 1.29 is 24.1 Å². The number of carbonyl (C=O) groups excluding carboxylic acids is 1. The molecule has 0 spiro atoms. The van der Waals surface area contributed by atoms with E-state index in [1.54, 1.807) is 24.3 Å². The molecule has 2 aliphatic rings. The highest BCUT2D eigenvalue weighted by Gasteiger charge is 2.28. The van der Waals surface area contributed by atoms with Gasteiger partial charge in [-0.25, -0.2) is 0 Å². The lowest BCUT2D eigenvalue weighted by atomic mass is 10.1. The van der Waals surface area contributed by atoms with Gasteiger partial charge in [0.25, 0.3) is 0 Å². The van der Waals surface area contributed by atoms with E-state index in [0.29, 0.717) is 22.8 Å². The molecule has 22 heavy (non-hydrogen) atoms. The molecule has 110 valence electrons. The number of hydrogen-bond acceptors (Lipinski definition) is 5. The number of carbonyl (C=O) groups is 1. The molecule has 0 amide bonds. The van der Waals surface area contributed by atoms with E-state index in [2.05, 4.69) is 15.9 Å². The van der Waals surface area contributed by atoms with Crippen LogP contribution in [0.15, 0.2) is 40.6 Å². The molecule has 0 saturated carbocycles.